The molecule has 0 saturated heterocycles. The summed E-state index contributed by atoms with van der Waals surface area (Å²) in [4.78, 5) is 2.51. The fourth-order valence-corrected chi connectivity index (χ4v) is 3.77. The molecule has 0 bridgehead atoms. The third-order valence-electron chi connectivity index (χ3n) is 5.14. The van der Waals surface area contributed by atoms with Crippen molar-refractivity contribution >= 4 is 0 Å². The van der Waals surface area contributed by atoms with Gasteiger partial charge in [0.25, 0.3) is 0 Å². The molecule has 0 heterocycles. The van der Waals surface area contributed by atoms with E-state index < -0.39 is 0 Å². The number of aromatic hydroxyl groups is 1. The molecule has 0 radical (unpaired) electrons. The average Bonchev–Trinajstić information content (AvgIpc) is 2.65. The van der Waals surface area contributed by atoms with E-state index in [0.29, 0.717) is 31.0 Å². The largest absolute Gasteiger partial charge is 0.508 e. The van der Waals surface area contributed by atoms with E-state index in [-0.39, 0.29) is 5.92 Å². The highest BCUT2D eigenvalue weighted by Gasteiger charge is 2.21. The molecule has 2 aromatic carbocycles. The second-order valence-electron chi connectivity index (χ2n) is 7.71. The zero-order valence-corrected chi connectivity index (χ0v) is 17.5. The van der Waals surface area contributed by atoms with Crippen LogP contribution in [0.3, 0.4) is 0 Å². The van der Waals surface area contributed by atoms with Gasteiger partial charge in [-0.05, 0) is 70.8 Å². The molecule has 27 heavy (non-hydrogen) atoms. The quantitative estimate of drug-likeness (QED) is 0.594. The summed E-state index contributed by atoms with van der Waals surface area (Å²) in [5, 5.41) is 10.6. The molecule has 2 aromatic rings. The lowest BCUT2D eigenvalue weighted by Crippen LogP contribution is -2.38. The van der Waals surface area contributed by atoms with E-state index in [1.54, 1.807) is 0 Å². The lowest BCUT2D eigenvalue weighted by atomic mass is 9.86. The highest BCUT2D eigenvalue weighted by atomic mass is 16.5. The molecule has 0 unspecified atom stereocenters. The summed E-state index contributed by atoms with van der Waals surface area (Å²) >= 11 is 0. The van der Waals surface area contributed by atoms with Crippen LogP contribution >= 0.6 is 0 Å². The van der Waals surface area contributed by atoms with Crippen LogP contribution in [0.4, 0.5) is 0 Å². The van der Waals surface area contributed by atoms with Gasteiger partial charge in [-0.1, -0.05) is 36.4 Å². The minimum Gasteiger partial charge on any atom is -0.508 e. The fraction of sp³-hybridized carbons (Fsp3) is 0.500. The Morgan fingerprint density at radius 2 is 1.63 bits per heavy atom. The van der Waals surface area contributed by atoms with Gasteiger partial charge in [0.15, 0.2) is 0 Å². The van der Waals surface area contributed by atoms with Gasteiger partial charge >= 0.3 is 0 Å². The smallest absolute Gasteiger partial charge is 0.119 e. The number of hydrogen-bond donors (Lipinski definition) is 1. The maximum atomic E-state index is 10.6. The number of nitrogens with zero attached hydrogens (tertiary/aromatic N) is 1. The SMILES string of the molecule is CCOCc1ccc(O)c([C@H](CCN(C(C)C)C(C)C)c2ccccc2)c1. The van der Waals surface area contributed by atoms with Crippen molar-refractivity contribution in [2.75, 3.05) is 13.2 Å². The fourth-order valence-electron chi connectivity index (χ4n) is 3.77. The van der Waals surface area contributed by atoms with Gasteiger partial charge in [0.2, 0.25) is 0 Å². The topological polar surface area (TPSA) is 32.7 Å². The lowest BCUT2D eigenvalue weighted by molar-refractivity contribution is 0.134. The Kier molecular flexibility index (Phi) is 8.33. The van der Waals surface area contributed by atoms with Gasteiger partial charge in [-0.3, -0.25) is 4.90 Å². The van der Waals surface area contributed by atoms with Gasteiger partial charge in [0.05, 0.1) is 6.61 Å². The van der Waals surface area contributed by atoms with Gasteiger partial charge in [-0.15, -0.1) is 0 Å². The molecule has 0 amide bonds. The summed E-state index contributed by atoms with van der Waals surface area (Å²) in [6.07, 6.45) is 0.964. The predicted molar refractivity (Wildman–Crippen MR) is 113 cm³/mol. The summed E-state index contributed by atoms with van der Waals surface area (Å²) in [5.74, 6) is 0.525. The molecule has 0 aliphatic carbocycles. The van der Waals surface area contributed by atoms with Crippen molar-refractivity contribution in [3.63, 3.8) is 0 Å². The summed E-state index contributed by atoms with van der Waals surface area (Å²) in [6, 6.07) is 17.4. The molecule has 0 spiro atoms. The molecule has 1 atom stereocenters. The third kappa shape index (κ3) is 6.08. The predicted octanol–water partition coefficient (Wildman–Crippen LogP) is 5.57. The Morgan fingerprint density at radius 3 is 2.22 bits per heavy atom. The highest BCUT2D eigenvalue weighted by Crippen LogP contribution is 2.35. The van der Waals surface area contributed by atoms with E-state index in [9.17, 15) is 5.11 Å². The van der Waals surface area contributed by atoms with Crippen LogP contribution in [0, 0.1) is 0 Å². The van der Waals surface area contributed by atoms with E-state index in [1.165, 1.54) is 5.56 Å². The molecule has 3 nitrogen and oxygen atoms in total. The first-order valence-corrected chi connectivity index (χ1v) is 10.1. The van der Waals surface area contributed by atoms with E-state index in [4.69, 9.17) is 4.74 Å². The van der Waals surface area contributed by atoms with Crippen molar-refractivity contribution in [1.29, 1.82) is 0 Å². The molecule has 0 aliphatic rings. The van der Waals surface area contributed by atoms with Crippen LogP contribution in [-0.2, 0) is 11.3 Å². The second kappa shape index (κ2) is 10.5. The van der Waals surface area contributed by atoms with Crippen molar-refractivity contribution in [3.8, 4) is 5.75 Å². The third-order valence-corrected chi connectivity index (χ3v) is 5.14. The maximum absolute atomic E-state index is 10.6. The second-order valence-corrected chi connectivity index (χ2v) is 7.71. The summed E-state index contributed by atoms with van der Waals surface area (Å²) < 4.78 is 5.57. The lowest BCUT2D eigenvalue weighted by Gasteiger charge is -2.32. The van der Waals surface area contributed by atoms with Crippen LogP contribution in [0.1, 0.15) is 63.6 Å². The Bertz CT molecular complexity index is 674. The zero-order chi connectivity index (χ0) is 19.8. The summed E-state index contributed by atoms with van der Waals surface area (Å²) in [5.41, 5.74) is 3.34. The monoisotopic (exact) mass is 369 g/mol. The molecule has 0 aliphatic heterocycles. The number of benzene rings is 2. The highest BCUT2D eigenvalue weighted by molar-refractivity contribution is 5.43. The van der Waals surface area contributed by atoms with Crippen LogP contribution in [0.25, 0.3) is 0 Å². The average molecular weight is 370 g/mol. The minimum absolute atomic E-state index is 0.160. The Labute approximate surface area is 165 Å². The van der Waals surface area contributed by atoms with Crippen molar-refractivity contribution in [2.45, 2.75) is 65.6 Å². The number of ether oxygens (including phenoxy) is 1. The van der Waals surface area contributed by atoms with Crippen LogP contribution in [0.5, 0.6) is 5.75 Å². The molecular formula is C24H35NO2. The van der Waals surface area contributed by atoms with Crippen LogP contribution < -0.4 is 0 Å². The number of phenolic OH excluding ortho intramolecular Hbond substituents is 1. The van der Waals surface area contributed by atoms with Gasteiger partial charge in [0.1, 0.15) is 5.75 Å². The minimum atomic E-state index is 0.160. The number of phenols is 1. The van der Waals surface area contributed by atoms with Gasteiger partial charge in [-0.25, -0.2) is 0 Å². The molecule has 148 valence electrons. The van der Waals surface area contributed by atoms with E-state index in [2.05, 4.69) is 62.9 Å². The molecule has 3 heteroatoms. The first-order chi connectivity index (χ1) is 12.9. The number of hydrogen-bond acceptors (Lipinski definition) is 3. The zero-order valence-electron chi connectivity index (χ0n) is 17.5. The Balaban J connectivity index is 2.33. The van der Waals surface area contributed by atoms with Gasteiger partial charge < -0.3 is 9.84 Å². The molecule has 0 saturated carbocycles. The summed E-state index contributed by atoms with van der Waals surface area (Å²) in [7, 11) is 0. The van der Waals surface area contributed by atoms with E-state index in [1.807, 2.05) is 25.1 Å². The van der Waals surface area contributed by atoms with Crippen molar-refractivity contribution in [1.82, 2.24) is 4.90 Å². The van der Waals surface area contributed by atoms with Crippen LogP contribution in [-0.4, -0.2) is 35.2 Å². The Morgan fingerprint density at radius 1 is 0.963 bits per heavy atom. The Hall–Kier alpha value is -1.84. The summed E-state index contributed by atoms with van der Waals surface area (Å²) in [6.45, 7) is 13.3. The molecule has 1 N–H and O–H groups in total. The van der Waals surface area contributed by atoms with E-state index in [0.717, 1.165) is 24.1 Å². The standard InChI is InChI=1S/C24H35NO2/c1-6-27-17-20-12-13-24(26)23(16-20)22(21-10-8-7-9-11-21)14-15-25(18(2)3)19(4)5/h7-13,16,18-19,22,26H,6,14-15,17H2,1-5H3/t22-/m1/s1. The van der Waals surface area contributed by atoms with Crippen LogP contribution in [0.15, 0.2) is 48.5 Å². The normalized spacial score (nSPS) is 12.9. The van der Waals surface area contributed by atoms with Gasteiger partial charge in [0, 0.05) is 30.2 Å². The number of rotatable bonds is 10. The first kappa shape index (κ1) is 21.5. The van der Waals surface area contributed by atoms with Crippen molar-refractivity contribution in [2.24, 2.45) is 0 Å². The maximum Gasteiger partial charge on any atom is 0.119 e. The van der Waals surface area contributed by atoms with Crippen molar-refractivity contribution in [3.05, 3.63) is 65.2 Å². The van der Waals surface area contributed by atoms with Crippen molar-refractivity contribution < 1.29 is 9.84 Å². The van der Waals surface area contributed by atoms with Gasteiger partial charge in [-0.2, -0.15) is 0 Å². The first-order valence-electron chi connectivity index (χ1n) is 10.1. The van der Waals surface area contributed by atoms with Crippen LogP contribution in [0.2, 0.25) is 0 Å². The molecular weight excluding hydrogens is 334 g/mol. The molecule has 0 aromatic heterocycles. The molecule has 0 fully saturated rings. The van der Waals surface area contributed by atoms with E-state index >= 15 is 0 Å². The molecule has 2 rings (SSSR count).